The van der Waals surface area contributed by atoms with Crippen molar-refractivity contribution in [3.8, 4) is 0 Å². The zero-order chi connectivity index (χ0) is 15.1. The molecule has 2 rings (SSSR count). The summed E-state index contributed by atoms with van der Waals surface area (Å²) >= 11 is 0. The van der Waals surface area contributed by atoms with Crippen molar-refractivity contribution in [2.45, 2.75) is 51.7 Å². The number of rotatable bonds is 5. The largest absolute Gasteiger partial charge is 0.351 e. The van der Waals surface area contributed by atoms with E-state index in [1.807, 2.05) is 6.07 Å². The van der Waals surface area contributed by atoms with Crippen LogP contribution in [0.4, 0.5) is 0 Å². The van der Waals surface area contributed by atoms with E-state index in [0.717, 1.165) is 12.1 Å². The molecular formula is C17H27N3O. The van der Waals surface area contributed by atoms with E-state index in [0.29, 0.717) is 6.54 Å². The molecule has 1 atom stereocenters. The van der Waals surface area contributed by atoms with Gasteiger partial charge in [-0.1, -0.05) is 37.1 Å². The zero-order valence-electron chi connectivity index (χ0n) is 13.0. The third-order valence-corrected chi connectivity index (χ3v) is 3.98. The van der Waals surface area contributed by atoms with Gasteiger partial charge in [-0.3, -0.25) is 9.69 Å². The van der Waals surface area contributed by atoms with Gasteiger partial charge >= 0.3 is 0 Å². The second-order valence-corrected chi connectivity index (χ2v) is 6.02. The van der Waals surface area contributed by atoms with Crippen molar-refractivity contribution < 1.29 is 4.79 Å². The van der Waals surface area contributed by atoms with Crippen molar-refractivity contribution in [2.24, 2.45) is 5.73 Å². The molecule has 1 aromatic carbocycles. The Bertz CT molecular complexity index is 451. The van der Waals surface area contributed by atoms with Gasteiger partial charge in [0, 0.05) is 13.1 Å². The highest BCUT2D eigenvalue weighted by atomic mass is 16.2. The first kappa shape index (κ1) is 16.0. The van der Waals surface area contributed by atoms with E-state index in [-0.39, 0.29) is 5.91 Å². The molecular weight excluding hydrogens is 262 g/mol. The highest BCUT2D eigenvalue weighted by Crippen LogP contribution is 2.14. The predicted octanol–water partition coefficient (Wildman–Crippen LogP) is 2.03. The summed E-state index contributed by atoms with van der Waals surface area (Å²) in [5.74, 6) is -0.104. The van der Waals surface area contributed by atoms with Crippen molar-refractivity contribution in [1.82, 2.24) is 10.2 Å². The molecule has 0 aromatic heterocycles. The number of nitrogens with two attached hydrogens (primary N) is 1. The van der Waals surface area contributed by atoms with E-state index in [2.05, 4.69) is 28.4 Å². The molecule has 116 valence electrons. The average Bonchev–Trinajstić information content (AvgIpc) is 2.73. The Labute approximate surface area is 127 Å². The van der Waals surface area contributed by atoms with Gasteiger partial charge in [-0.2, -0.15) is 0 Å². The molecule has 3 N–H and O–H groups in total. The smallest absolute Gasteiger partial charge is 0.236 e. The van der Waals surface area contributed by atoms with E-state index in [4.69, 9.17) is 5.73 Å². The van der Waals surface area contributed by atoms with Crippen LogP contribution in [0.5, 0.6) is 0 Å². The van der Waals surface area contributed by atoms with Crippen LogP contribution in [-0.4, -0.2) is 29.9 Å². The van der Waals surface area contributed by atoms with Crippen LogP contribution in [0.25, 0.3) is 0 Å². The number of benzene rings is 1. The Morgan fingerprint density at radius 2 is 1.90 bits per heavy atom. The van der Waals surface area contributed by atoms with Crippen LogP contribution in [0.1, 0.15) is 43.7 Å². The molecule has 21 heavy (non-hydrogen) atoms. The van der Waals surface area contributed by atoms with Crippen LogP contribution in [0.15, 0.2) is 24.3 Å². The summed E-state index contributed by atoms with van der Waals surface area (Å²) in [4.78, 5) is 14.0. The Morgan fingerprint density at radius 1 is 1.24 bits per heavy atom. The number of likely N-dealkylation sites (tertiary alicyclic amines) is 1. The first-order valence-electron chi connectivity index (χ1n) is 7.98. The molecule has 1 aromatic rings. The summed E-state index contributed by atoms with van der Waals surface area (Å²) in [5, 5.41) is 2.86. The van der Waals surface area contributed by atoms with E-state index < -0.39 is 6.04 Å². The Hall–Kier alpha value is -1.39. The first-order chi connectivity index (χ1) is 10.1. The molecule has 1 heterocycles. The first-order valence-corrected chi connectivity index (χ1v) is 7.98. The number of hydrogen-bond acceptors (Lipinski definition) is 3. The van der Waals surface area contributed by atoms with Crippen molar-refractivity contribution >= 4 is 5.91 Å². The number of nitrogens with zero attached hydrogens (tertiary/aromatic N) is 1. The number of carbonyl (C=O) groups is 1. The minimum Gasteiger partial charge on any atom is -0.351 e. The lowest BCUT2D eigenvalue weighted by atomic mass is 10.1. The summed E-state index contributed by atoms with van der Waals surface area (Å²) < 4.78 is 0. The molecule has 1 aliphatic rings. The molecule has 1 amide bonds. The monoisotopic (exact) mass is 289 g/mol. The Kier molecular flexibility index (Phi) is 6.21. The van der Waals surface area contributed by atoms with Crippen LogP contribution < -0.4 is 11.1 Å². The van der Waals surface area contributed by atoms with E-state index in [9.17, 15) is 4.79 Å². The molecule has 0 saturated carbocycles. The van der Waals surface area contributed by atoms with Crippen LogP contribution in [0.3, 0.4) is 0 Å². The summed E-state index contributed by atoms with van der Waals surface area (Å²) in [5.41, 5.74) is 8.01. The lowest BCUT2D eigenvalue weighted by Crippen LogP contribution is -2.37. The summed E-state index contributed by atoms with van der Waals surface area (Å²) in [7, 11) is 0. The summed E-state index contributed by atoms with van der Waals surface area (Å²) in [6.45, 7) is 5.66. The fourth-order valence-electron chi connectivity index (χ4n) is 2.74. The van der Waals surface area contributed by atoms with Gasteiger partial charge in [0.15, 0.2) is 0 Å². The second kappa shape index (κ2) is 8.15. The highest BCUT2D eigenvalue weighted by Gasteiger charge is 2.10. The molecule has 4 heteroatoms. The van der Waals surface area contributed by atoms with Gasteiger partial charge in [-0.15, -0.1) is 0 Å². The molecule has 4 nitrogen and oxygen atoms in total. The number of carbonyl (C=O) groups excluding carboxylic acids is 1. The topological polar surface area (TPSA) is 58.4 Å². The number of nitrogens with one attached hydrogen (secondary N) is 1. The highest BCUT2D eigenvalue weighted by molar-refractivity contribution is 5.80. The normalized spacial score (nSPS) is 18.0. The Balaban J connectivity index is 1.89. The molecule has 0 aliphatic carbocycles. The van der Waals surface area contributed by atoms with Gasteiger partial charge in [0.25, 0.3) is 0 Å². The lowest BCUT2D eigenvalue weighted by Gasteiger charge is -2.20. The number of hydrogen-bond donors (Lipinski definition) is 2. The molecule has 0 radical (unpaired) electrons. The standard InChI is InChI=1S/C17H27N3O/c1-14(18)17(21)19-12-15-7-6-8-16(11-15)13-20-9-4-2-3-5-10-20/h6-8,11,14H,2-5,9-10,12-13,18H2,1H3,(H,19,21). The predicted molar refractivity (Wildman–Crippen MR) is 85.7 cm³/mol. The zero-order valence-corrected chi connectivity index (χ0v) is 13.0. The van der Waals surface area contributed by atoms with Gasteiger partial charge < -0.3 is 11.1 Å². The minimum absolute atomic E-state index is 0.104. The van der Waals surface area contributed by atoms with Gasteiger partial charge in [0.2, 0.25) is 5.91 Å². The lowest BCUT2D eigenvalue weighted by molar-refractivity contribution is -0.122. The fraction of sp³-hybridized carbons (Fsp3) is 0.588. The maximum Gasteiger partial charge on any atom is 0.236 e. The quantitative estimate of drug-likeness (QED) is 0.872. The SMILES string of the molecule is CC(N)C(=O)NCc1cccc(CN2CCCCCC2)c1. The van der Waals surface area contributed by atoms with Crippen molar-refractivity contribution in [1.29, 1.82) is 0 Å². The summed E-state index contributed by atoms with van der Waals surface area (Å²) in [6.07, 6.45) is 5.34. The van der Waals surface area contributed by atoms with Crippen LogP contribution in [0, 0.1) is 0 Å². The molecule has 1 fully saturated rings. The third-order valence-electron chi connectivity index (χ3n) is 3.98. The average molecular weight is 289 g/mol. The summed E-state index contributed by atoms with van der Waals surface area (Å²) in [6, 6.07) is 8.02. The minimum atomic E-state index is -0.453. The van der Waals surface area contributed by atoms with Gasteiger partial charge in [-0.25, -0.2) is 0 Å². The second-order valence-electron chi connectivity index (χ2n) is 6.02. The van der Waals surface area contributed by atoms with E-state index in [1.54, 1.807) is 6.92 Å². The van der Waals surface area contributed by atoms with E-state index in [1.165, 1.54) is 44.3 Å². The Morgan fingerprint density at radius 3 is 2.57 bits per heavy atom. The maximum absolute atomic E-state index is 11.5. The molecule has 0 spiro atoms. The van der Waals surface area contributed by atoms with Gasteiger partial charge in [0.1, 0.15) is 0 Å². The van der Waals surface area contributed by atoms with Crippen LogP contribution in [0.2, 0.25) is 0 Å². The molecule has 1 unspecified atom stereocenters. The van der Waals surface area contributed by atoms with E-state index >= 15 is 0 Å². The molecule has 1 aliphatic heterocycles. The van der Waals surface area contributed by atoms with Gasteiger partial charge in [-0.05, 0) is 44.0 Å². The van der Waals surface area contributed by atoms with Crippen LogP contribution in [-0.2, 0) is 17.9 Å². The third kappa shape index (κ3) is 5.48. The number of amides is 1. The van der Waals surface area contributed by atoms with Crippen molar-refractivity contribution in [2.75, 3.05) is 13.1 Å². The van der Waals surface area contributed by atoms with Gasteiger partial charge in [0.05, 0.1) is 6.04 Å². The molecule has 0 bridgehead atoms. The van der Waals surface area contributed by atoms with Crippen molar-refractivity contribution in [3.05, 3.63) is 35.4 Å². The molecule has 1 saturated heterocycles. The fourth-order valence-corrected chi connectivity index (χ4v) is 2.74. The maximum atomic E-state index is 11.5. The van der Waals surface area contributed by atoms with Crippen molar-refractivity contribution in [3.63, 3.8) is 0 Å². The van der Waals surface area contributed by atoms with Crippen LogP contribution >= 0.6 is 0 Å².